The molecule has 2 aromatic heterocycles. The summed E-state index contributed by atoms with van der Waals surface area (Å²) in [6.45, 7) is 0. The van der Waals surface area contributed by atoms with E-state index in [2.05, 4.69) is 21.7 Å². The molecule has 1 aliphatic rings. The molecule has 1 fully saturated rings. The smallest absolute Gasteiger partial charge is 0.321 e. The highest BCUT2D eigenvalue weighted by atomic mass is 32.2. The molecule has 0 spiro atoms. The van der Waals surface area contributed by atoms with Gasteiger partial charge < -0.3 is 5.11 Å². The second kappa shape index (κ2) is 5.00. The molecule has 2 N–H and O–H groups in total. The maximum absolute atomic E-state index is 10.9. The summed E-state index contributed by atoms with van der Waals surface area (Å²) in [5, 5.41) is 17.1. The molecular formula is C11H10N2O2S3. The Morgan fingerprint density at radius 1 is 1.56 bits per heavy atom. The van der Waals surface area contributed by atoms with Gasteiger partial charge in [0.25, 0.3) is 0 Å². The Labute approximate surface area is 116 Å². The predicted molar refractivity (Wildman–Crippen MR) is 75.2 cm³/mol. The van der Waals surface area contributed by atoms with Crippen LogP contribution in [0.4, 0.5) is 0 Å². The van der Waals surface area contributed by atoms with E-state index in [-0.39, 0.29) is 5.37 Å². The third-order valence-electron chi connectivity index (χ3n) is 2.63. The average Bonchev–Trinajstić information content (AvgIpc) is 3.10. The first-order valence-electron chi connectivity index (χ1n) is 5.33. The van der Waals surface area contributed by atoms with Crippen LogP contribution in [0.25, 0.3) is 10.4 Å². The van der Waals surface area contributed by atoms with Crippen molar-refractivity contribution < 1.29 is 9.90 Å². The number of hydrogen-bond acceptors (Lipinski definition) is 6. The van der Waals surface area contributed by atoms with Gasteiger partial charge in [0.15, 0.2) is 0 Å². The van der Waals surface area contributed by atoms with E-state index in [1.165, 1.54) is 5.56 Å². The molecule has 3 rings (SSSR count). The highest BCUT2D eigenvalue weighted by Gasteiger charge is 2.31. The summed E-state index contributed by atoms with van der Waals surface area (Å²) >= 11 is 4.88. The fourth-order valence-corrected chi connectivity index (χ4v) is 4.73. The summed E-state index contributed by atoms with van der Waals surface area (Å²) in [7, 11) is 0. The van der Waals surface area contributed by atoms with Gasteiger partial charge >= 0.3 is 5.97 Å². The SMILES string of the molecule is O=C(O)C1CSC(c2ncc(-c3ccsc3)s2)N1. The van der Waals surface area contributed by atoms with Gasteiger partial charge in [-0.1, -0.05) is 0 Å². The summed E-state index contributed by atoms with van der Waals surface area (Å²) in [5.74, 6) is -0.201. The summed E-state index contributed by atoms with van der Waals surface area (Å²) < 4.78 is 0. The van der Waals surface area contributed by atoms with Crippen molar-refractivity contribution in [2.75, 3.05) is 5.75 Å². The van der Waals surface area contributed by atoms with Crippen LogP contribution in [-0.4, -0.2) is 27.9 Å². The Kier molecular flexibility index (Phi) is 3.38. The van der Waals surface area contributed by atoms with Crippen LogP contribution >= 0.6 is 34.4 Å². The first-order chi connectivity index (χ1) is 8.74. The lowest BCUT2D eigenvalue weighted by Gasteiger charge is -2.06. The number of aliphatic carboxylic acids is 1. The maximum atomic E-state index is 10.9. The molecule has 0 aliphatic carbocycles. The van der Waals surface area contributed by atoms with Crippen molar-refractivity contribution in [3.8, 4) is 10.4 Å². The molecular weight excluding hydrogens is 288 g/mol. The van der Waals surface area contributed by atoms with Gasteiger partial charge in [-0.15, -0.1) is 23.1 Å². The van der Waals surface area contributed by atoms with Crippen LogP contribution in [0.2, 0.25) is 0 Å². The lowest BCUT2D eigenvalue weighted by Crippen LogP contribution is -2.33. The summed E-state index contributed by atoms with van der Waals surface area (Å²) in [5.41, 5.74) is 1.18. The van der Waals surface area contributed by atoms with Crippen LogP contribution in [0.15, 0.2) is 23.0 Å². The zero-order chi connectivity index (χ0) is 12.5. The van der Waals surface area contributed by atoms with Gasteiger partial charge in [-0.2, -0.15) is 11.3 Å². The van der Waals surface area contributed by atoms with Gasteiger partial charge in [0, 0.05) is 17.5 Å². The molecule has 7 heteroatoms. The number of aromatic nitrogens is 1. The molecule has 0 bridgehead atoms. The van der Waals surface area contributed by atoms with E-state index in [4.69, 9.17) is 5.11 Å². The number of hydrogen-bond donors (Lipinski definition) is 2. The molecule has 0 radical (unpaired) electrons. The monoisotopic (exact) mass is 298 g/mol. The fourth-order valence-electron chi connectivity index (χ4n) is 1.70. The maximum Gasteiger partial charge on any atom is 0.321 e. The quantitative estimate of drug-likeness (QED) is 0.912. The van der Waals surface area contributed by atoms with Gasteiger partial charge in [-0.05, 0) is 16.8 Å². The second-order valence-electron chi connectivity index (χ2n) is 3.85. The summed E-state index contributed by atoms with van der Waals surface area (Å²) in [4.78, 5) is 16.4. The van der Waals surface area contributed by atoms with Crippen molar-refractivity contribution in [1.29, 1.82) is 0 Å². The molecule has 2 atom stereocenters. The normalized spacial score (nSPS) is 23.3. The van der Waals surface area contributed by atoms with E-state index >= 15 is 0 Å². The minimum Gasteiger partial charge on any atom is -0.480 e. The molecule has 18 heavy (non-hydrogen) atoms. The molecule has 3 heterocycles. The highest BCUT2D eigenvalue weighted by Crippen LogP contribution is 2.37. The average molecular weight is 298 g/mol. The summed E-state index contributed by atoms with van der Waals surface area (Å²) in [6, 6.07) is 1.60. The zero-order valence-electron chi connectivity index (χ0n) is 9.20. The molecule has 1 aliphatic heterocycles. The van der Waals surface area contributed by atoms with Crippen molar-refractivity contribution in [2.24, 2.45) is 0 Å². The number of nitrogens with zero attached hydrogens (tertiary/aromatic N) is 1. The van der Waals surface area contributed by atoms with Crippen LogP contribution in [0.3, 0.4) is 0 Å². The van der Waals surface area contributed by atoms with E-state index in [9.17, 15) is 4.79 Å². The number of nitrogens with one attached hydrogen (secondary N) is 1. The highest BCUT2D eigenvalue weighted by molar-refractivity contribution is 7.99. The first kappa shape index (κ1) is 12.2. The van der Waals surface area contributed by atoms with Crippen molar-refractivity contribution in [3.05, 3.63) is 28.0 Å². The Morgan fingerprint density at radius 2 is 2.44 bits per heavy atom. The van der Waals surface area contributed by atoms with E-state index < -0.39 is 12.0 Å². The van der Waals surface area contributed by atoms with Crippen molar-refractivity contribution in [2.45, 2.75) is 11.4 Å². The molecule has 0 amide bonds. The number of carboxylic acid groups (broad SMARTS) is 1. The van der Waals surface area contributed by atoms with Crippen LogP contribution in [0, 0.1) is 0 Å². The van der Waals surface area contributed by atoms with E-state index in [0.29, 0.717) is 5.75 Å². The van der Waals surface area contributed by atoms with E-state index in [1.807, 2.05) is 11.6 Å². The molecule has 0 saturated carbocycles. The van der Waals surface area contributed by atoms with Gasteiger partial charge in [-0.25, -0.2) is 4.98 Å². The number of carboxylic acids is 1. The van der Waals surface area contributed by atoms with Crippen LogP contribution in [-0.2, 0) is 4.79 Å². The fraction of sp³-hybridized carbons (Fsp3) is 0.273. The van der Waals surface area contributed by atoms with Crippen LogP contribution < -0.4 is 5.32 Å². The molecule has 4 nitrogen and oxygen atoms in total. The topological polar surface area (TPSA) is 62.2 Å². The predicted octanol–water partition coefficient (Wildman–Crippen LogP) is 2.66. The first-order valence-corrected chi connectivity index (χ1v) is 8.13. The summed E-state index contributed by atoms with van der Waals surface area (Å²) in [6.07, 6.45) is 1.86. The van der Waals surface area contributed by atoms with E-state index in [1.54, 1.807) is 34.4 Å². The Bertz CT molecular complexity index is 552. The van der Waals surface area contributed by atoms with Gasteiger partial charge in [-0.3, -0.25) is 10.1 Å². The van der Waals surface area contributed by atoms with Gasteiger partial charge in [0.05, 0.1) is 4.88 Å². The van der Waals surface area contributed by atoms with E-state index in [0.717, 1.165) is 9.88 Å². The minimum atomic E-state index is -0.792. The third kappa shape index (κ3) is 2.31. The standard InChI is InChI=1S/C11H10N2O2S3/c14-11(15)7-5-17-10(13-7)9-12-3-8(18-9)6-1-2-16-4-6/h1-4,7,10,13H,5H2,(H,14,15). The van der Waals surface area contributed by atoms with Crippen LogP contribution in [0.1, 0.15) is 10.4 Å². The third-order valence-corrected chi connectivity index (χ3v) is 5.80. The van der Waals surface area contributed by atoms with Gasteiger partial charge in [0.2, 0.25) is 0 Å². The number of thioether (sulfide) groups is 1. The molecule has 2 unspecified atom stereocenters. The van der Waals surface area contributed by atoms with Crippen LogP contribution in [0.5, 0.6) is 0 Å². The lowest BCUT2D eigenvalue weighted by molar-refractivity contribution is -0.138. The van der Waals surface area contributed by atoms with Gasteiger partial charge in [0.1, 0.15) is 16.4 Å². The molecule has 94 valence electrons. The largest absolute Gasteiger partial charge is 0.480 e. The Hall–Kier alpha value is -0.890. The molecule has 2 aromatic rings. The van der Waals surface area contributed by atoms with Crippen molar-refractivity contribution in [1.82, 2.24) is 10.3 Å². The van der Waals surface area contributed by atoms with Crippen molar-refractivity contribution in [3.63, 3.8) is 0 Å². The Morgan fingerprint density at radius 3 is 3.11 bits per heavy atom. The molecule has 0 aromatic carbocycles. The number of rotatable bonds is 3. The molecule has 1 saturated heterocycles. The van der Waals surface area contributed by atoms with Crippen molar-refractivity contribution >= 4 is 40.4 Å². The number of thiazole rings is 1. The second-order valence-corrected chi connectivity index (χ2v) is 6.83. The lowest BCUT2D eigenvalue weighted by atomic mass is 10.3. The Balaban J connectivity index is 1.77. The zero-order valence-corrected chi connectivity index (χ0v) is 11.6. The number of thiophene rings is 1. The number of carbonyl (C=O) groups is 1. The minimum absolute atomic E-state index is 0.00323.